The Balaban J connectivity index is 2.36. The largest absolute Gasteiger partial charge is 0.383 e. The van der Waals surface area contributed by atoms with Gasteiger partial charge in [0.2, 0.25) is 0 Å². The molecule has 0 saturated heterocycles. The maximum Gasteiger partial charge on any atom is 0.125 e. The molecule has 0 amide bonds. The van der Waals surface area contributed by atoms with E-state index in [0.717, 1.165) is 27.8 Å². The molecule has 6 nitrogen and oxygen atoms in total. The molecular formula is C13H19BrN4O2. The third-order valence-corrected chi connectivity index (χ3v) is 3.78. The second-order valence-corrected chi connectivity index (χ2v) is 5.41. The van der Waals surface area contributed by atoms with E-state index < -0.39 is 6.10 Å². The highest BCUT2D eigenvalue weighted by Gasteiger charge is 2.23. The number of hydrogen-bond acceptors (Lipinski definition) is 4. The Morgan fingerprint density at radius 2 is 2.25 bits per heavy atom. The minimum Gasteiger partial charge on any atom is -0.383 e. The van der Waals surface area contributed by atoms with Crippen LogP contribution >= 0.6 is 15.9 Å². The van der Waals surface area contributed by atoms with Gasteiger partial charge in [-0.1, -0.05) is 6.92 Å². The highest BCUT2D eigenvalue weighted by molar-refractivity contribution is 9.10. The number of ether oxygens (including phenoxy) is 1. The fourth-order valence-electron chi connectivity index (χ4n) is 2.20. The van der Waals surface area contributed by atoms with Crippen molar-refractivity contribution in [3.63, 3.8) is 0 Å². The van der Waals surface area contributed by atoms with Crippen LogP contribution in [0.15, 0.2) is 16.9 Å². The molecule has 0 aliphatic rings. The molecule has 2 rings (SSSR count). The third-order valence-electron chi connectivity index (χ3n) is 3.17. The molecule has 0 aliphatic heterocycles. The maximum atomic E-state index is 10.7. The van der Waals surface area contributed by atoms with Gasteiger partial charge < -0.3 is 9.84 Å². The lowest BCUT2D eigenvalue weighted by Crippen LogP contribution is -2.14. The Bertz CT molecular complexity index is 579. The van der Waals surface area contributed by atoms with Crippen molar-refractivity contribution in [2.24, 2.45) is 7.05 Å². The summed E-state index contributed by atoms with van der Waals surface area (Å²) in [6, 6.07) is 0. The summed E-state index contributed by atoms with van der Waals surface area (Å²) in [4.78, 5) is 0. The number of aliphatic hydroxyl groups is 1. The van der Waals surface area contributed by atoms with Gasteiger partial charge in [0.1, 0.15) is 6.10 Å². The molecule has 2 aromatic rings. The van der Waals surface area contributed by atoms with Gasteiger partial charge in [0.25, 0.3) is 0 Å². The molecule has 0 aromatic carbocycles. The van der Waals surface area contributed by atoms with Crippen molar-refractivity contribution in [3.8, 4) is 0 Å². The second kappa shape index (κ2) is 6.51. The molecule has 7 heteroatoms. The van der Waals surface area contributed by atoms with Crippen LogP contribution in [0, 0.1) is 0 Å². The first kappa shape index (κ1) is 15.2. The van der Waals surface area contributed by atoms with Crippen molar-refractivity contribution in [1.29, 1.82) is 0 Å². The number of rotatable bonds is 6. The molecule has 0 radical (unpaired) electrons. The molecule has 1 N–H and O–H groups in total. The summed E-state index contributed by atoms with van der Waals surface area (Å²) < 4.78 is 9.33. The van der Waals surface area contributed by atoms with Crippen LogP contribution in [0.5, 0.6) is 0 Å². The molecule has 110 valence electrons. The standard InChI is InChI=1S/C13H19BrN4O2/c1-4-11-9(8-17(2)16-11)13(19)12-10(14)7-15-18(12)5-6-20-3/h7-8,13,19H,4-6H2,1-3H3. The van der Waals surface area contributed by atoms with E-state index in [1.165, 1.54) is 0 Å². The van der Waals surface area contributed by atoms with Crippen LogP contribution in [-0.4, -0.2) is 38.4 Å². The van der Waals surface area contributed by atoms with Crippen LogP contribution in [0.3, 0.4) is 0 Å². The summed E-state index contributed by atoms with van der Waals surface area (Å²) in [6.07, 6.45) is 3.56. The summed E-state index contributed by atoms with van der Waals surface area (Å²) in [5.41, 5.74) is 2.44. The maximum absolute atomic E-state index is 10.7. The zero-order valence-corrected chi connectivity index (χ0v) is 13.5. The minimum atomic E-state index is -0.757. The first-order valence-electron chi connectivity index (χ1n) is 6.49. The van der Waals surface area contributed by atoms with E-state index in [1.807, 2.05) is 20.2 Å². The molecule has 0 spiro atoms. The summed E-state index contributed by atoms with van der Waals surface area (Å²) in [7, 11) is 3.50. The fraction of sp³-hybridized carbons (Fsp3) is 0.538. The van der Waals surface area contributed by atoms with Gasteiger partial charge in [-0.3, -0.25) is 9.36 Å². The molecule has 2 aromatic heterocycles. The lowest BCUT2D eigenvalue weighted by atomic mass is 10.1. The monoisotopic (exact) mass is 342 g/mol. The minimum absolute atomic E-state index is 0.543. The van der Waals surface area contributed by atoms with Gasteiger partial charge in [-0.15, -0.1) is 0 Å². The normalized spacial score (nSPS) is 12.8. The second-order valence-electron chi connectivity index (χ2n) is 4.55. The van der Waals surface area contributed by atoms with E-state index in [1.54, 1.807) is 22.7 Å². The summed E-state index contributed by atoms with van der Waals surface area (Å²) in [5, 5.41) is 19.3. The Kier molecular flexibility index (Phi) is 4.95. The molecular weight excluding hydrogens is 324 g/mol. The van der Waals surface area contributed by atoms with Crippen LogP contribution in [0.25, 0.3) is 0 Å². The van der Waals surface area contributed by atoms with Crippen molar-refractivity contribution in [2.75, 3.05) is 13.7 Å². The zero-order valence-electron chi connectivity index (χ0n) is 11.9. The van der Waals surface area contributed by atoms with Crippen molar-refractivity contribution in [2.45, 2.75) is 26.0 Å². The van der Waals surface area contributed by atoms with Crippen LogP contribution < -0.4 is 0 Å². The quantitative estimate of drug-likeness (QED) is 0.867. The first-order chi connectivity index (χ1) is 9.58. The van der Waals surface area contributed by atoms with E-state index in [4.69, 9.17) is 4.74 Å². The molecule has 2 heterocycles. The average Bonchev–Trinajstić information content (AvgIpc) is 2.98. The van der Waals surface area contributed by atoms with Crippen LogP contribution in [0.1, 0.15) is 30.0 Å². The summed E-state index contributed by atoms with van der Waals surface area (Å²) >= 11 is 3.45. The topological polar surface area (TPSA) is 65.1 Å². The van der Waals surface area contributed by atoms with Gasteiger partial charge in [0.05, 0.1) is 35.2 Å². The highest BCUT2D eigenvalue weighted by atomic mass is 79.9. The van der Waals surface area contributed by atoms with Crippen LogP contribution in [0.4, 0.5) is 0 Å². The lowest BCUT2D eigenvalue weighted by molar-refractivity contribution is 0.170. The third kappa shape index (κ3) is 2.94. The smallest absolute Gasteiger partial charge is 0.125 e. The fourth-order valence-corrected chi connectivity index (χ4v) is 2.72. The number of aromatic nitrogens is 4. The molecule has 20 heavy (non-hydrogen) atoms. The number of nitrogens with zero attached hydrogens (tertiary/aromatic N) is 4. The van der Waals surface area contributed by atoms with E-state index in [9.17, 15) is 5.11 Å². The van der Waals surface area contributed by atoms with Gasteiger partial charge in [0, 0.05) is 25.9 Å². The van der Waals surface area contributed by atoms with Gasteiger partial charge in [0.15, 0.2) is 0 Å². The number of methoxy groups -OCH3 is 1. The summed E-state index contributed by atoms with van der Waals surface area (Å²) in [6.45, 7) is 3.16. The first-order valence-corrected chi connectivity index (χ1v) is 7.28. The van der Waals surface area contributed by atoms with E-state index in [0.29, 0.717) is 13.2 Å². The molecule has 0 saturated carbocycles. The molecule has 0 bridgehead atoms. The zero-order chi connectivity index (χ0) is 14.7. The van der Waals surface area contributed by atoms with E-state index in [2.05, 4.69) is 26.1 Å². The van der Waals surface area contributed by atoms with Crippen LogP contribution in [0.2, 0.25) is 0 Å². The number of halogens is 1. The number of aliphatic hydroxyl groups excluding tert-OH is 1. The van der Waals surface area contributed by atoms with Crippen molar-refractivity contribution >= 4 is 15.9 Å². The van der Waals surface area contributed by atoms with Crippen molar-refractivity contribution < 1.29 is 9.84 Å². The number of aryl methyl sites for hydroxylation is 2. The Labute approximate surface area is 126 Å². The SMILES string of the molecule is CCc1nn(C)cc1C(O)c1c(Br)cnn1CCOC. The molecule has 1 atom stereocenters. The Morgan fingerprint density at radius 3 is 2.90 bits per heavy atom. The summed E-state index contributed by atoms with van der Waals surface area (Å²) in [5.74, 6) is 0. The molecule has 1 unspecified atom stereocenters. The van der Waals surface area contributed by atoms with Gasteiger partial charge >= 0.3 is 0 Å². The van der Waals surface area contributed by atoms with Gasteiger partial charge in [-0.25, -0.2) is 0 Å². The van der Waals surface area contributed by atoms with Crippen molar-refractivity contribution in [3.05, 3.63) is 33.8 Å². The van der Waals surface area contributed by atoms with Crippen molar-refractivity contribution in [1.82, 2.24) is 19.6 Å². The van der Waals surface area contributed by atoms with Gasteiger partial charge in [-0.05, 0) is 22.4 Å². The van der Waals surface area contributed by atoms with E-state index >= 15 is 0 Å². The number of hydrogen-bond donors (Lipinski definition) is 1. The predicted octanol–water partition coefficient (Wildman–Crippen LogP) is 1.67. The Hall–Kier alpha value is -1.18. The van der Waals surface area contributed by atoms with E-state index in [-0.39, 0.29) is 0 Å². The van der Waals surface area contributed by atoms with Crippen LogP contribution in [-0.2, 0) is 24.8 Å². The highest BCUT2D eigenvalue weighted by Crippen LogP contribution is 2.30. The Morgan fingerprint density at radius 1 is 1.50 bits per heavy atom. The van der Waals surface area contributed by atoms with Gasteiger partial charge in [-0.2, -0.15) is 10.2 Å². The predicted molar refractivity (Wildman–Crippen MR) is 78.5 cm³/mol. The molecule has 0 fully saturated rings. The lowest BCUT2D eigenvalue weighted by Gasteiger charge is -2.14. The molecule has 0 aliphatic carbocycles. The average molecular weight is 343 g/mol.